The van der Waals surface area contributed by atoms with Crippen molar-refractivity contribution in [3.05, 3.63) is 12.7 Å². The van der Waals surface area contributed by atoms with E-state index in [1.165, 1.54) is 0 Å². The smallest absolute Gasteiger partial charge is 0.371 e. The molecule has 7 heteroatoms. The molecular weight excluding hydrogens is 232 g/mol. The zero-order valence-corrected chi connectivity index (χ0v) is 10.3. The lowest BCUT2D eigenvalue weighted by Gasteiger charge is -2.08. The van der Waals surface area contributed by atoms with Gasteiger partial charge < -0.3 is 5.32 Å². The Morgan fingerprint density at radius 2 is 2.31 bits per heavy atom. The molecule has 6 nitrogen and oxygen atoms in total. The van der Waals surface area contributed by atoms with Gasteiger partial charge in [-0.15, -0.1) is 6.58 Å². The predicted molar refractivity (Wildman–Crippen MR) is 62.8 cm³/mol. The summed E-state index contributed by atoms with van der Waals surface area (Å²) in [6, 6.07) is 0. The van der Waals surface area contributed by atoms with E-state index in [9.17, 15) is 8.42 Å². The first-order valence-corrected chi connectivity index (χ1v) is 6.24. The number of amidine groups is 1. The van der Waals surface area contributed by atoms with Gasteiger partial charge in [-0.3, -0.25) is 13.7 Å². The van der Waals surface area contributed by atoms with Crippen molar-refractivity contribution >= 4 is 16.2 Å². The summed E-state index contributed by atoms with van der Waals surface area (Å²) < 4.78 is 29.7. The summed E-state index contributed by atoms with van der Waals surface area (Å²) in [4.78, 5) is 4.31. The second-order valence-corrected chi connectivity index (χ2v) is 4.23. The third kappa shape index (κ3) is 6.54. The van der Waals surface area contributed by atoms with E-state index in [0.29, 0.717) is 5.92 Å². The number of rotatable bonds is 4. The zero-order valence-electron chi connectivity index (χ0n) is 9.51. The molecule has 94 valence electrons. The summed E-state index contributed by atoms with van der Waals surface area (Å²) in [7, 11) is -3.29. The molecule has 0 fully saturated rings. The second kappa shape index (κ2) is 7.37. The van der Waals surface area contributed by atoms with Gasteiger partial charge in [0.05, 0.1) is 13.7 Å². The summed E-state index contributed by atoms with van der Waals surface area (Å²) in [5.74, 6) is 1.57. The maximum atomic E-state index is 9.33. The maximum absolute atomic E-state index is 9.33. The summed E-state index contributed by atoms with van der Waals surface area (Å²) in [6.45, 7) is 7.83. The summed E-state index contributed by atoms with van der Waals surface area (Å²) in [5, 5.41) is 3.24. The fraction of sp³-hybridized carbons (Fsp3) is 0.667. The molecule has 1 unspecified atom stereocenters. The molecular formula is C9H18N2O4S. The molecule has 0 radical (unpaired) electrons. The summed E-state index contributed by atoms with van der Waals surface area (Å²) in [6.07, 6.45) is 3.05. The fourth-order valence-corrected chi connectivity index (χ4v) is 1.14. The molecule has 1 atom stereocenters. The Bertz CT molecular complexity index is 337. The van der Waals surface area contributed by atoms with Crippen LogP contribution in [-0.2, 0) is 14.6 Å². The number of nitrogens with one attached hydrogen (secondary N) is 1. The average Bonchev–Trinajstić information content (AvgIpc) is 2.73. The first-order valence-electron chi connectivity index (χ1n) is 4.88. The van der Waals surface area contributed by atoms with Crippen molar-refractivity contribution in [3.63, 3.8) is 0 Å². The molecule has 1 rings (SSSR count). The predicted octanol–water partition coefficient (Wildman–Crippen LogP) is 0.636. The molecule has 2 N–H and O–H groups in total. The van der Waals surface area contributed by atoms with Crippen LogP contribution in [0.3, 0.4) is 0 Å². The molecule has 0 saturated heterocycles. The van der Waals surface area contributed by atoms with Gasteiger partial charge in [-0.25, -0.2) is 0 Å². The van der Waals surface area contributed by atoms with Gasteiger partial charge in [0.2, 0.25) is 0 Å². The summed E-state index contributed by atoms with van der Waals surface area (Å²) >= 11 is 0. The van der Waals surface area contributed by atoms with Gasteiger partial charge in [-0.05, 0) is 6.42 Å². The van der Waals surface area contributed by atoms with Crippen molar-refractivity contribution in [1.82, 2.24) is 5.32 Å². The average molecular weight is 250 g/mol. The van der Waals surface area contributed by atoms with Crippen LogP contribution in [0.5, 0.6) is 0 Å². The molecule has 0 amide bonds. The standard InChI is InChI=1S/C8H14N2.CH4O4S/c1-3-7(4-2)8-9-5-6-10-8;1-5-6(2,3)4/h3,7H,1,4-6H2,2H3,(H,9,10);1H3,(H,2,3,4). The van der Waals surface area contributed by atoms with Crippen LogP contribution in [0.4, 0.5) is 0 Å². The van der Waals surface area contributed by atoms with E-state index in [0.717, 1.165) is 32.5 Å². The third-order valence-electron chi connectivity index (χ3n) is 1.99. The van der Waals surface area contributed by atoms with Crippen molar-refractivity contribution in [2.75, 3.05) is 20.2 Å². The molecule has 0 aliphatic carbocycles. The van der Waals surface area contributed by atoms with Gasteiger partial charge in [0, 0.05) is 12.5 Å². The number of hydrogen-bond acceptors (Lipinski definition) is 5. The monoisotopic (exact) mass is 250 g/mol. The zero-order chi connectivity index (χ0) is 12.6. The van der Waals surface area contributed by atoms with Crippen LogP contribution in [0.15, 0.2) is 17.6 Å². The van der Waals surface area contributed by atoms with Gasteiger partial charge in [0.1, 0.15) is 5.84 Å². The normalized spacial score (nSPS) is 16.6. The Labute approximate surface area is 96.4 Å². The molecule has 0 aromatic heterocycles. The fourth-order valence-electron chi connectivity index (χ4n) is 1.14. The van der Waals surface area contributed by atoms with E-state index in [2.05, 4.69) is 28.0 Å². The number of hydrogen-bond donors (Lipinski definition) is 2. The van der Waals surface area contributed by atoms with Crippen molar-refractivity contribution in [3.8, 4) is 0 Å². The molecule has 16 heavy (non-hydrogen) atoms. The number of aliphatic imine (C=N–C) groups is 1. The quantitative estimate of drug-likeness (QED) is 0.564. The van der Waals surface area contributed by atoms with Gasteiger partial charge in [0.15, 0.2) is 0 Å². The Morgan fingerprint density at radius 3 is 2.56 bits per heavy atom. The molecule has 1 heterocycles. The van der Waals surface area contributed by atoms with Gasteiger partial charge in [-0.1, -0.05) is 13.0 Å². The minimum atomic E-state index is -4.16. The Morgan fingerprint density at radius 1 is 1.75 bits per heavy atom. The van der Waals surface area contributed by atoms with E-state index < -0.39 is 10.4 Å². The molecule has 0 spiro atoms. The molecule has 0 aromatic rings. The van der Waals surface area contributed by atoms with Crippen LogP contribution >= 0.6 is 0 Å². The van der Waals surface area contributed by atoms with Crippen LogP contribution in [-0.4, -0.2) is 39.0 Å². The van der Waals surface area contributed by atoms with Crippen LogP contribution < -0.4 is 5.32 Å². The van der Waals surface area contributed by atoms with Gasteiger partial charge >= 0.3 is 10.4 Å². The molecule has 1 aliphatic rings. The Hall–Kier alpha value is -0.920. The minimum absolute atomic E-state index is 0.447. The Balaban J connectivity index is 0.000000325. The lowest BCUT2D eigenvalue weighted by molar-refractivity contribution is 0.324. The van der Waals surface area contributed by atoms with E-state index in [1.807, 2.05) is 6.08 Å². The largest absolute Gasteiger partial charge is 0.397 e. The van der Waals surface area contributed by atoms with Crippen LogP contribution in [0.1, 0.15) is 13.3 Å². The highest BCUT2D eigenvalue weighted by molar-refractivity contribution is 7.80. The lowest BCUT2D eigenvalue weighted by Crippen LogP contribution is -2.25. The highest BCUT2D eigenvalue weighted by atomic mass is 32.3. The maximum Gasteiger partial charge on any atom is 0.397 e. The third-order valence-corrected chi connectivity index (χ3v) is 2.41. The molecule has 0 aromatic carbocycles. The first kappa shape index (κ1) is 15.1. The van der Waals surface area contributed by atoms with Crippen LogP contribution in [0, 0.1) is 5.92 Å². The van der Waals surface area contributed by atoms with E-state index >= 15 is 0 Å². The van der Waals surface area contributed by atoms with Crippen LogP contribution in [0.25, 0.3) is 0 Å². The molecule has 0 saturated carbocycles. The van der Waals surface area contributed by atoms with Crippen molar-refractivity contribution in [2.45, 2.75) is 13.3 Å². The molecule has 0 bridgehead atoms. The topological polar surface area (TPSA) is 88.0 Å². The highest BCUT2D eigenvalue weighted by Gasteiger charge is 2.12. The van der Waals surface area contributed by atoms with Crippen LogP contribution in [0.2, 0.25) is 0 Å². The van der Waals surface area contributed by atoms with E-state index in [4.69, 9.17) is 4.55 Å². The van der Waals surface area contributed by atoms with Crippen molar-refractivity contribution < 1.29 is 17.2 Å². The van der Waals surface area contributed by atoms with Gasteiger partial charge in [-0.2, -0.15) is 8.42 Å². The SMILES string of the molecule is C=CC(CC)C1=NCCN1.COS(=O)(=O)O. The number of nitrogens with zero attached hydrogens (tertiary/aromatic N) is 1. The first-order chi connectivity index (χ1) is 7.44. The Kier molecular flexibility index (Phi) is 6.95. The highest BCUT2D eigenvalue weighted by Crippen LogP contribution is 2.06. The van der Waals surface area contributed by atoms with Crippen molar-refractivity contribution in [2.24, 2.45) is 10.9 Å². The minimum Gasteiger partial charge on any atom is -0.371 e. The van der Waals surface area contributed by atoms with Gasteiger partial charge in [0.25, 0.3) is 0 Å². The lowest BCUT2D eigenvalue weighted by atomic mass is 10.1. The van der Waals surface area contributed by atoms with Crippen molar-refractivity contribution in [1.29, 1.82) is 0 Å². The second-order valence-electron chi connectivity index (χ2n) is 3.04. The molecule has 1 aliphatic heterocycles. The van der Waals surface area contributed by atoms with E-state index in [1.54, 1.807) is 0 Å². The van der Waals surface area contributed by atoms with E-state index in [-0.39, 0.29) is 0 Å². The summed E-state index contributed by atoms with van der Waals surface area (Å²) in [5.41, 5.74) is 0.